The summed E-state index contributed by atoms with van der Waals surface area (Å²) in [6.45, 7) is 2.50. The number of anilines is 1. The Morgan fingerprint density at radius 1 is 1.04 bits per heavy atom. The lowest BCUT2D eigenvalue weighted by Crippen LogP contribution is -2.29. The van der Waals surface area contributed by atoms with Crippen molar-refractivity contribution in [3.05, 3.63) is 42.1 Å². The number of para-hydroxylation sites is 1. The van der Waals surface area contributed by atoms with Gasteiger partial charge in [-0.25, -0.2) is 13.4 Å². The van der Waals surface area contributed by atoms with Gasteiger partial charge in [0.15, 0.2) is 11.6 Å². The molecule has 7 nitrogen and oxygen atoms in total. The molecule has 1 aromatic heterocycles. The molecule has 0 aliphatic carbocycles. The highest BCUT2D eigenvalue weighted by molar-refractivity contribution is 7.89. The van der Waals surface area contributed by atoms with E-state index < -0.39 is 10.0 Å². The minimum absolute atomic E-state index is 0.176. The maximum Gasteiger partial charge on any atom is 0.244 e. The zero-order chi connectivity index (χ0) is 17.7. The molecule has 134 valence electrons. The molecular weight excluding hydrogens is 352 g/mol. The van der Waals surface area contributed by atoms with E-state index in [1.807, 2.05) is 29.2 Å². The van der Waals surface area contributed by atoms with E-state index in [4.69, 9.17) is 4.74 Å². The van der Waals surface area contributed by atoms with Crippen LogP contribution in [-0.2, 0) is 10.0 Å². The Balaban J connectivity index is 1.63. The summed E-state index contributed by atoms with van der Waals surface area (Å²) in [7, 11) is -3.54. The van der Waals surface area contributed by atoms with Crippen LogP contribution in [0.1, 0.15) is 18.4 Å². The molecule has 26 heavy (non-hydrogen) atoms. The molecule has 0 unspecified atom stereocenters. The molecule has 0 N–H and O–H groups in total. The molecule has 1 saturated heterocycles. The summed E-state index contributed by atoms with van der Waals surface area (Å²) in [5, 5.41) is 0. The van der Waals surface area contributed by atoms with Crippen molar-refractivity contribution < 1.29 is 13.2 Å². The first-order valence-electron chi connectivity index (χ1n) is 8.74. The van der Waals surface area contributed by atoms with Gasteiger partial charge in [0.2, 0.25) is 10.0 Å². The first-order chi connectivity index (χ1) is 12.6. The summed E-state index contributed by atoms with van der Waals surface area (Å²) in [5.41, 5.74) is 0.895. The molecule has 4 heterocycles. The lowest BCUT2D eigenvalue weighted by Gasteiger charge is -2.20. The molecule has 1 fully saturated rings. The second kappa shape index (κ2) is 5.78. The topological polar surface area (TPSA) is 75.1 Å². The molecule has 0 bridgehead atoms. The first-order valence-corrected chi connectivity index (χ1v) is 10.2. The molecule has 0 radical (unpaired) electrons. The zero-order valence-corrected chi connectivity index (χ0v) is 14.9. The minimum atomic E-state index is -3.54. The standard InChI is InChI=1S/C18H18N4O3S/c23-26(24,21-8-3-4-9-21)13-11-16-18(20-12-13)22-10-7-19-17(22)14-5-1-2-6-15(14)25-16/h1-2,5-6,11-12H,3-4,7-10H2. The predicted octanol–water partition coefficient (Wildman–Crippen LogP) is 2.24. The molecule has 1 aromatic carbocycles. The van der Waals surface area contributed by atoms with Gasteiger partial charge in [0.05, 0.1) is 12.1 Å². The summed E-state index contributed by atoms with van der Waals surface area (Å²) >= 11 is 0. The van der Waals surface area contributed by atoms with Crippen LogP contribution in [0, 0.1) is 0 Å². The molecule has 0 spiro atoms. The van der Waals surface area contributed by atoms with Gasteiger partial charge in [-0.15, -0.1) is 0 Å². The second-order valence-electron chi connectivity index (χ2n) is 6.56. The Bertz CT molecular complexity index is 1010. The fraction of sp³-hybridized carbons (Fsp3) is 0.333. The molecule has 3 aliphatic heterocycles. The Labute approximate surface area is 152 Å². The third-order valence-electron chi connectivity index (χ3n) is 4.96. The van der Waals surface area contributed by atoms with E-state index in [1.165, 1.54) is 10.5 Å². The van der Waals surface area contributed by atoms with Crippen molar-refractivity contribution in [2.24, 2.45) is 4.99 Å². The Morgan fingerprint density at radius 2 is 1.85 bits per heavy atom. The van der Waals surface area contributed by atoms with E-state index in [0.717, 1.165) is 24.2 Å². The van der Waals surface area contributed by atoms with Crippen molar-refractivity contribution in [3.8, 4) is 11.5 Å². The normalized spacial score (nSPS) is 19.2. The second-order valence-corrected chi connectivity index (χ2v) is 8.50. The van der Waals surface area contributed by atoms with Crippen LogP contribution in [0.2, 0.25) is 0 Å². The van der Waals surface area contributed by atoms with Crippen molar-refractivity contribution in [3.63, 3.8) is 0 Å². The molecule has 0 atom stereocenters. The molecule has 0 saturated carbocycles. The third kappa shape index (κ3) is 2.33. The zero-order valence-electron chi connectivity index (χ0n) is 14.1. The van der Waals surface area contributed by atoms with Crippen molar-refractivity contribution in [1.29, 1.82) is 0 Å². The van der Waals surface area contributed by atoms with Gasteiger partial charge >= 0.3 is 0 Å². The average Bonchev–Trinajstić information content (AvgIpc) is 3.32. The Hall–Kier alpha value is -2.45. The summed E-state index contributed by atoms with van der Waals surface area (Å²) in [6.07, 6.45) is 3.23. The number of pyridine rings is 1. The maximum atomic E-state index is 12.9. The first kappa shape index (κ1) is 15.8. The highest BCUT2D eigenvalue weighted by Gasteiger charge is 2.33. The number of nitrogens with zero attached hydrogens (tertiary/aromatic N) is 4. The van der Waals surface area contributed by atoms with Crippen molar-refractivity contribution in [2.75, 3.05) is 31.1 Å². The highest BCUT2D eigenvalue weighted by atomic mass is 32.2. The number of fused-ring (bicyclic) bond motifs is 5. The Kier molecular flexibility index (Phi) is 3.51. The van der Waals surface area contributed by atoms with Crippen LogP contribution in [0.3, 0.4) is 0 Å². The van der Waals surface area contributed by atoms with Crippen molar-refractivity contribution in [2.45, 2.75) is 17.7 Å². The van der Waals surface area contributed by atoms with Gasteiger partial charge in [-0.3, -0.25) is 4.99 Å². The summed E-state index contributed by atoms with van der Waals surface area (Å²) in [4.78, 5) is 11.2. The smallest absolute Gasteiger partial charge is 0.244 e. The van der Waals surface area contributed by atoms with E-state index in [0.29, 0.717) is 43.5 Å². The molecular formula is C18H18N4O3S. The van der Waals surface area contributed by atoms with Crippen LogP contribution in [0.15, 0.2) is 46.4 Å². The van der Waals surface area contributed by atoms with E-state index in [-0.39, 0.29) is 4.90 Å². The van der Waals surface area contributed by atoms with Gasteiger partial charge in [0.1, 0.15) is 16.5 Å². The van der Waals surface area contributed by atoms with Crippen LogP contribution in [0.4, 0.5) is 5.82 Å². The SMILES string of the molecule is O=S(=O)(c1cnc2c(c1)Oc1ccccc1C1=NCCN12)N1CCCC1. The van der Waals surface area contributed by atoms with Crippen LogP contribution >= 0.6 is 0 Å². The molecule has 5 rings (SSSR count). The van der Waals surface area contributed by atoms with E-state index >= 15 is 0 Å². The number of ether oxygens (including phenoxy) is 1. The van der Waals surface area contributed by atoms with E-state index in [9.17, 15) is 8.42 Å². The summed E-state index contributed by atoms with van der Waals surface area (Å²) in [5.74, 6) is 2.54. The van der Waals surface area contributed by atoms with Crippen molar-refractivity contribution in [1.82, 2.24) is 9.29 Å². The van der Waals surface area contributed by atoms with Crippen LogP contribution in [0.25, 0.3) is 0 Å². The van der Waals surface area contributed by atoms with E-state index in [1.54, 1.807) is 6.07 Å². The van der Waals surface area contributed by atoms with Gasteiger partial charge in [0, 0.05) is 31.9 Å². The number of hydrogen-bond acceptors (Lipinski definition) is 6. The van der Waals surface area contributed by atoms with Crippen molar-refractivity contribution >= 4 is 21.7 Å². The quantitative estimate of drug-likeness (QED) is 0.810. The number of rotatable bonds is 2. The van der Waals surface area contributed by atoms with Crippen LogP contribution in [-0.4, -0.2) is 49.7 Å². The van der Waals surface area contributed by atoms with Gasteiger partial charge in [0.25, 0.3) is 0 Å². The lowest BCUT2D eigenvalue weighted by atomic mass is 10.2. The highest BCUT2D eigenvalue weighted by Crippen LogP contribution is 2.40. The average molecular weight is 370 g/mol. The monoisotopic (exact) mass is 370 g/mol. The maximum absolute atomic E-state index is 12.9. The number of sulfonamides is 1. The Morgan fingerprint density at radius 3 is 2.69 bits per heavy atom. The summed E-state index contributed by atoms with van der Waals surface area (Å²) in [6, 6.07) is 9.25. The van der Waals surface area contributed by atoms with Gasteiger partial charge < -0.3 is 9.64 Å². The number of benzene rings is 1. The van der Waals surface area contributed by atoms with Gasteiger partial charge in [-0.1, -0.05) is 12.1 Å². The fourth-order valence-electron chi connectivity index (χ4n) is 3.66. The summed E-state index contributed by atoms with van der Waals surface area (Å²) < 4.78 is 33.3. The number of amidine groups is 1. The lowest BCUT2D eigenvalue weighted by molar-refractivity contribution is 0.469. The number of hydrogen-bond donors (Lipinski definition) is 0. The molecule has 8 heteroatoms. The largest absolute Gasteiger partial charge is 0.453 e. The van der Waals surface area contributed by atoms with Gasteiger partial charge in [-0.05, 0) is 25.0 Å². The fourth-order valence-corrected chi connectivity index (χ4v) is 5.14. The number of aromatic nitrogens is 1. The molecule has 2 aromatic rings. The number of aliphatic imine (C=N–C) groups is 1. The van der Waals surface area contributed by atoms with Crippen LogP contribution < -0.4 is 9.64 Å². The van der Waals surface area contributed by atoms with E-state index in [2.05, 4.69) is 9.98 Å². The molecule has 3 aliphatic rings. The minimum Gasteiger partial charge on any atom is -0.453 e. The molecule has 0 amide bonds. The predicted molar refractivity (Wildman–Crippen MR) is 97.5 cm³/mol. The van der Waals surface area contributed by atoms with Gasteiger partial charge in [-0.2, -0.15) is 4.31 Å². The third-order valence-corrected chi connectivity index (χ3v) is 6.82. The van der Waals surface area contributed by atoms with Crippen LogP contribution in [0.5, 0.6) is 11.5 Å².